The second kappa shape index (κ2) is 6.75. The highest BCUT2D eigenvalue weighted by atomic mass is 79.9. The molecule has 1 fully saturated rings. The average molecular weight is 349 g/mol. The van der Waals surface area contributed by atoms with Crippen LogP contribution in [0.25, 0.3) is 0 Å². The van der Waals surface area contributed by atoms with E-state index in [-0.39, 0.29) is 0 Å². The first-order valence-electron chi connectivity index (χ1n) is 7.71. The Morgan fingerprint density at radius 1 is 1.38 bits per heavy atom. The topological polar surface area (TPSA) is 29.3 Å². The molecule has 21 heavy (non-hydrogen) atoms. The third kappa shape index (κ3) is 3.38. The van der Waals surface area contributed by atoms with Crippen molar-refractivity contribution in [3.63, 3.8) is 0 Å². The van der Waals surface area contributed by atoms with Gasteiger partial charge in [-0.1, -0.05) is 46.2 Å². The van der Waals surface area contributed by atoms with Crippen LogP contribution in [-0.2, 0) is 13.0 Å². The summed E-state index contributed by atoms with van der Waals surface area (Å²) in [6, 6.07) is 11.0. The minimum Gasteiger partial charge on any atom is -0.361 e. The van der Waals surface area contributed by atoms with Crippen LogP contribution in [-0.4, -0.2) is 16.6 Å². The third-order valence-corrected chi connectivity index (χ3v) is 4.88. The van der Waals surface area contributed by atoms with Crippen LogP contribution in [0, 0.1) is 0 Å². The molecule has 0 aliphatic carbocycles. The lowest BCUT2D eigenvalue weighted by Gasteiger charge is -2.23. The lowest BCUT2D eigenvalue weighted by Crippen LogP contribution is -2.23. The van der Waals surface area contributed by atoms with E-state index in [1.165, 1.54) is 22.9 Å². The zero-order valence-electron chi connectivity index (χ0n) is 12.4. The Hall–Kier alpha value is -1.13. The predicted octanol–water partition coefficient (Wildman–Crippen LogP) is 4.73. The Labute approximate surface area is 134 Å². The quantitative estimate of drug-likeness (QED) is 0.782. The fraction of sp³-hybridized carbons (Fsp3) is 0.471. The molecule has 3 nitrogen and oxygen atoms in total. The van der Waals surface area contributed by atoms with Gasteiger partial charge in [-0.15, -0.1) is 0 Å². The molecular weight excluding hydrogens is 328 g/mol. The molecule has 0 amide bonds. The molecule has 1 aromatic carbocycles. The summed E-state index contributed by atoms with van der Waals surface area (Å²) in [4.78, 5) is 2.51. The van der Waals surface area contributed by atoms with Gasteiger partial charge < -0.3 is 4.52 Å². The van der Waals surface area contributed by atoms with E-state index in [2.05, 4.69) is 63.2 Å². The monoisotopic (exact) mass is 348 g/mol. The lowest BCUT2D eigenvalue weighted by molar-refractivity contribution is 0.236. The molecule has 2 aromatic rings. The van der Waals surface area contributed by atoms with Crippen molar-refractivity contribution < 1.29 is 4.52 Å². The molecule has 1 unspecified atom stereocenters. The molecule has 0 saturated carbocycles. The van der Waals surface area contributed by atoms with Gasteiger partial charge in [-0.25, -0.2) is 0 Å². The Morgan fingerprint density at radius 3 is 3.05 bits per heavy atom. The normalized spacial score (nSPS) is 19.2. The molecule has 0 radical (unpaired) electrons. The van der Waals surface area contributed by atoms with Gasteiger partial charge in [0.05, 0.1) is 6.04 Å². The van der Waals surface area contributed by atoms with Crippen molar-refractivity contribution >= 4 is 15.9 Å². The van der Waals surface area contributed by atoms with Gasteiger partial charge in [0.15, 0.2) is 0 Å². The molecule has 1 aliphatic heterocycles. The van der Waals surface area contributed by atoms with E-state index in [0.717, 1.165) is 37.4 Å². The number of benzene rings is 1. The van der Waals surface area contributed by atoms with Crippen molar-refractivity contribution in [3.8, 4) is 0 Å². The van der Waals surface area contributed by atoms with Crippen LogP contribution in [0.2, 0.25) is 0 Å². The molecule has 1 saturated heterocycles. The van der Waals surface area contributed by atoms with E-state index in [0.29, 0.717) is 6.04 Å². The molecule has 112 valence electrons. The zero-order chi connectivity index (χ0) is 14.7. The summed E-state index contributed by atoms with van der Waals surface area (Å²) in [5, 5.41) is 4.30. The van der Waals surface area contributed by atoms with Crippen LogP contribution in [0.5, 0.6) is 0 Å². The first kappa shape index (κ1) is 14.8. The fourth-order valence-electron chi connectivity index (χ4n) is 3.05. The largest absolute Gasteiger partial charge is 0.361 e. The van der Waals surface area contributed by atoms with E-state index >= 15 is 0 Å². The summed E-state index contributed by atoms with van der Waals surface area (Å²) in [6.45, 7) is 4.25. The minimum atomic E-state index is 0.395. The maximum Gasteiger partial charge on any atom is 0.137 e. The van der Waals surface area contributed by atoms with E-state index in [4.69, 9.17) is 4.52 Å². The summed E-state index contributed by atoms with van der Waals surface area (Å²) in [5.74, 6) is 1.01. The van der Waals surface area contributed by atoms with Crippen molar-refractivity contribution in [3.05, 3.63) is 51.8 Å². The number of halogens is 1. The molecule has 1 atom stereocenters. The number of nitrogens with zero attached hydrogens (tertiary/aromatic N) is 2. The van der Waals surface area contributed by atoms with Crippen LogP contribution in [0.1, 0.15) is 49.2 Å². The van der Waals surface area contributed by atoms with Crippen molar-refractivity contribution in [2.45, 2.75) is 45.2 Å². The Morgan fingerprint density at radius 2 is 2.24 bits per heavy atom. The molecule has 1 aromatic heterocycles. The van der Waals surface area contributed by atoms with Crippen LogP contribution >= 0.6 is 15.9 Å². The summed E-state index contributed by atoms with van der Waals surface area (Å²) >= 11 is 3.64. The third-order valence-electron chi connectivity index (χ3n) is 4.11. The van der Waals surface area contributed by atoms with Gasteiger partial charge in [-0.3, -0.25) is 4.90 Å². The van der Waals surface area contributed by atoms with Crippen molar-refractivity contribution in [2.24, 2.45) is 0 Å². The molecule has 1 aliphatic rings. The summed E-state index contributed by atoms with van der Waals surface area (Å²) < 4.78 is 6.64. The van der Waals surface area contributed by atoms with E-state index < -0.39 is 0 Å². The maximum absolute atomic E-state index is 5.45. The maximum atomic E-state index is 5.45. The SMILES string of the molecule is CCCc1cc(C2CCCN2Cc2ccccc2Br)no1. The molecule has 3 rings (SSSR count). The van der Waals surface area contributed by atoms with Gasteiger partial charge in [-0.2, -0.15) is 0 Å². The standard InChI is InChI=1S/C17H21BrN2O/c1-2-6-14-11-16(19-21-14)17-9-5-10-20(17)12-13-7-3-4-8-15(13)18/h3-4,7-8,11,17H,2,5-6,9-10,12H2,1H3. The Balaban J connectivity index is 1.74. The van der Waals surface area contributed by atoms with E-state index in [1.807, 2.05) is 0 Å². The zero-order valence-corrected chi connectivity index (χ0v) is 14.0. The van der Waals surface area contributed by atoms with Crippen molar-refractivity contribution in [2.75, 3.05) is 6.54 Å². The van der Waals surface area contributed by atoms with E-state index in [9.17, 15) is 0 Å². The second-order valence-electron chi connectivity index (χ2n) is 5.69. The van der Waals surface area contributed by atoms with E-state index in [1.54, 1.807) is 0 Å². The average Bonchev–Trinajstić information content (AvgIpc) is 3.11. The fourth-order valence-corrected chi connectivity index (χ4v) is 3.46. The molecule has 0 N–H and O–H groups in total. The number of aromatic nitrogens is 1. The van der Waals surface area contributed by atoms with Gasteiger partial charge in [-0.05, 0) is 37.4 Å². The number of likely N-dealkylation sites (tertiary alicyclic amines) is 1. The minimum absolute atomic E-state index is 0.395. The molecule has 0 bridgehead atoms. The van der Waals surface area contributed by atoms with Gasteiger partial charge in [0.2, 0.25) is 0 Å². The van der Waals surface area contributed by atoms with Crippen LogP contribution in [0.4, 0.5) is 0 Å². The number of hydrogen-bond donors (Lipinski definition) is 0. The highest BCUT2D eigenvalue weighted by Gasteiger charge is 2.28. The van der Waals surface area contributed by atoms with Crippen LogP contribution < -0.4 is 0 Å². The van der Waals surface area contributed by atoms with Gasteiger partial charge in [0, 0.05) is 23.5 Å². The summed E-state index contributed by atoms with van der Waals surface area (Å²) in [5.41, 5.74) is 2.43. The molecular formula is C17H21BrN2O. The number of hydrogen-bond acceptors (Lipinski definition) is 3. The van der Waals surface area contributed by atoms with Crippen molar-refractivity contribution in [1.82, 2.24) is 10.1 Å². The van der Waals surface area contributed by atoms with Gasteiger partial charge in [0.1, 0.15) is 11.5 Å². The summed E-state index contributed by atoms with van der Waals surface area (Å²) in [6.07, 6.45) is 4.47. The van der Waals surface area contributed by atoms with Crippen molar-refractivity contribution in [1.29, 1.82) is 0 Å². The van der Waals surface area contributed by atoms with Crippen LogP contribution in [0.3, 0.4) is 0 Å². The molecule has 2 heterocycles. The lowest BCUT2D eigenvalue weighted by atomic mass is 10.1. The Bertz CT molecular complexity index is 596. The first-order chi connectivity index (χ1) is 10.3. The first-order valence-corrected chi connectivity index (χ1v) is 8.50. The molecule has 4 heteroatoms. The van der Waals surface area contributed by atoms with Gasteiger partial charge in [0.25, 0.3) is 0 Å². The summed E-state index contributed by atoms with van der Waals surface area (Å²) in [7, 11) is 0. The predicted molar refractivity (Wildman–Crippen MR) is 87.0 cm³/mol. The number of aryl methyl sites for hydroxylation is 1. The highest BCUT2D eigenvalue weighted by Crippen LogP contribution is 2.34. The van der Waals surface area contributed by atoms with Crippen LogP contribution in [0.15, 0.2) is 39.3 Å². The number of rotatable bonds is 5. The Kier molecular flexibility index (Phi) is 4.76. The highest BCUT2D eigenvalue weighted by molar-refractivity contribution is 9.10. The van der Waals surface area contributed by atoms with Gasteiger partial charge >= 0.3 is 0 Å². The second-order valence-corrected chi connectivity index (χ2v) is 6.54. The smallest absolute Gasteiger partial charge is 0.137 e. The molecule has 0 spiro atoms.